The summed E-state index contributed by atoms with van der Waals surface area (Å²) in [5.41, 5.74) is 13.1. The standard InChI is InChI=1S/C49H34/c1-49(2)45-30-37(25-26-39(45)44-27-24-32-14-6-7-15-38(32)48(44)49)47-42-18-10-8-16-40(42)46(41-17-9-11-19-43(41)47)36-23-22-34-28-33(20-21-35(34)29-36)31-12-4-3-5-13-31/h3-30H,1-2H3. The van der Waals surface area contributed by atoms with Crippen molar-refractivity contribution in [2.45, 2.75) is 19.3 Å². The van der Waals surface area contributed by atoms with Crippen LogP contribution in [0, 0.1) is 0 Å². The van der Waals surface area contributed by atoms with E-state index >= 15 is 0 Å². The number of fused-ring (bicyclic) bond motifs is 8. The van der Waals surface area contributed by atoms with Gasteiger partial charge in [0.1, 0.15) is 0 Å². The first kappa shape index (κ1) is 28.1. The zero-order valence-electron chi connectivity index (χ0n) is 27.7. The number of benzene rings is 9. The van der Waals surface area contributed by atoms with Crippen LogP contribution in [0.5, 0.6) is 0 Å². The molecule has 0 nitrogen and oxygen atoms in total. The third kappa shape index (κ3) is 4.17. The topological polar surface area (TPSA) is 0 Å². The quantitative estimate of drug-likeness (QED) is 0.172. The van der Waals surface area contributed by atoms with Crippen molar-refractivity contribution in [1.29, 1.82) is 0 Å². The van der Waals surface area contributed by atoms with E-state index in [1.807, 2.05) is 0 Å². The summed E-state index contributed by atoms with van der Waals surface area (Å²) >= 11 is 0. The molecule has 9 aromatic rings. The third-order valence-electron chi connectivity index (χ3n) is 11.0. The van der Waals surface area contributed by atoms with Crippen molar-refractivity contribution in [3.63, 3.8) is 0 Å². The van der Waals surface area contributed by atoms with E-state index in [1.54, 1.807) is 0 Å². The van der Waals surface area contributed by atoms with Gasteiger partial charge in [0.15, 0.2) is 0 Å². The van der Waals surface area contributed by atoms with Crippen molar-refractivity contribution in [3.8, 4) is 44.5 Å². The summed E-state index contributed by atoms with van der Waals surface area (Å²) in [5, 5.41) is 10.3. The van der Waals surface area contributed by atoms with Crippen molar-refractivity contribution in [1.82, 2.24) is 0 Å². The first-order chi connectivity index (χ1) is 24.1. The van der Waals surface area contributed by atoms with Crippen molar-refractivity contribution < 1.29 is 0 Å². The van der Waals surface area contributed by atoms with E-state index in [2.05, 4.69) is 184 Å². The van der Waals surface area contributed by atoms with Gasteiger partial charge in [-0.3, -0.25) is 0 Å². The summed E-state index contributed by atoms with van der Waals surface area (Å²) in [7, 11) is 0. The first-order valence-corrected chi connectivity index (χ1v) is 17.3. The average molecular weight is 623 g/mol. The van der Waals surface area contributed by atoms with Gasteiger partial charge in [0.05, 0.1) is 0 Å². The minimum absolute atomic E-state index is 0.113. The van der Waals surface area contributed by atoms with Gasteiger partial charge in [-0.15, -0.1) is 0 Å². The number of hydrogen-bond donors (Lipinski definition) is 0. The molecule has 0 N–H and O–H groups in total. The Morgan fingerprint density at radius 2 is 0.796 bits per heavy atom. The molecule has 0 heteroatoms. The molecule has 0 radical (unpaired) electrons. The summed E-state index contributed by atoms with van der Waals surface area (Å²) in [6, 6.07) is 63.1. The molecule has 0 aliphatic heterocycles. The second kappa shape index (κ2) is 10.5. The monoisotopic (exact) mass is 622 g/mol. The molecule has 10 rings (SSSR count). The Bertz CT molecular complexity index is 2720. The minimum Gasteiger partial charge on any atom is -0.0622 e. The van der Waals surface area contributed by atoms with Crippen molar-refractivity contribution in [3.05, 3.63) is 181 Å². The summed E-state index contributed by atoms with van der Waals surface area (Å²) in [6.07, 6.45) is 0. The maximum Gasteiger partial charge on any atom is 0.0165 e. The zero-order chi connectivity index (χ0) is 32.7. The molecular formula is C49H34. The Hall–Kier alpha value is -5.98. The summed E-state index contributed by atoms with van der Waals surface area (Å²) in [5.74, 6) is 0. The van der Waals surface area contributed by atoms with Crippen molar-refractivity contribution >= 4 is 43.1 Å². The normalized spacial score (nSPS) is 13.3. The maximum absolute atomic E-state index is 2.48. The highest BCUT2D eigenvalue weighted by Crippen LogP contribution is 2.53. The van der Waals surface area contributed by atoms with Crippen LogP contribution in [0.2, 0.25) is 0 Å². The molecule has 0 heterocycles. The minimum atomic E-state index is -0.113. The number of hydrogen-bond acceptors (Lipinski definition) is 0. The van der Waals surface area contributed by atoms with E-state index < -0.39 is 0 Å². The van der Waals surface area contributed by atoms with Gasteiger partial charge in [-0.1, -0.05) is 166 Å². The molecule has 49 heavy (non-hydrogen) atoms. The lowest BCUT2D eigenvalue weighted by Gasteiger charge is -2.24. The average Bonchev–Trinajstić information content (AvgIpc) is 3.39. The van der Waals surface area contributed by atoms with Gasteiger partial charge in [0, 0.05) is 5.41 Å². The molecule has 1 aliphatic carbocycles. The molecular weight excluding hydrogens is 589 g/mol. The molecule has 0 bridgehead atoms. The molecule has 0 spiro atoms. The highest BCUT2D eigenvalue weighted by molar-refractivity contribution is 6.22. The first-order valence-electron chi connectivity index (χ1n) is 17.3. The van der Waals surface area contributed by atoms with Gasteiger partial charge >= 0.3 is 0 Å². The molecule has 0 fully saturated rings. The smallest absolute Gasteiger partial charge is 0.0165 e. The van der Waals surface area contributed by atoms with Crippen LogP contribution in [0.4, 0.5) is 0 Å². The molecule has 0 atom stereocenters. The molecule has 0 saturated heterocycles. The van der Waals surface area contributed by atoms with Gasteiger partial charge in [-0.2, -0.15) is 0 Å². The van der Waals surface area contributed by atoms with Gasteiger partial charge in [0.2, 0.25) is 0 Å². The maximum atomic E-state index is 2.48. The Morgan fingerprint density at radius 3 is 1.45 bits per heavy atom. The van der Waals surface area contributed by atoms with Gasteiger partial charge < -0.3 is 0 Å². The van der Waals surface area contributed by atoms with Crippen LogP contribution in [0.1, 0.15) is 25.0 Å². The van der Waals surface area contributed by atoms with E-state index in [0.29, 0.717) is 0 Å². The van der Waals surface area contributed by atoms with Crippen molar-refractivity contribution in [2.75, 3.05) is 0 Å². The Labute approximate surface area is 286 Å². The largest absolute Gasteiger partial charge is 0.0622 e. The molecule has 0 amide bonds. The fourth-order valence-corrected chi connectivity index (χ4v) is 8.72. The lowest BCUT2D eigenvalue weighted by Crippen LogP contribution is -2.15. The second-order valence-corrected chi connectivity index (χ2v) is 14.1. The molecule has 0 aromatic heterocycles. The van der Waals surface area contributed by atoms with E-state index in [-0.39, 0.29) is 5.41 Å². The highest BCUT2D eigenvalue weighted by Gasteiger charge is 2.37. The van der Waals surface area contributed by atoms with Crippen LogP contribution < -0.4 is 0 Å². The fourth-order valence-electron chi connectivity index (χ4n) is 8.72. The zero-order valence-corrected chi connectivity index (χ0v) is 27.7. The van der Waals surface area contributed by atoms with E-state index in [4.69, 9.17) is 0 Å². The Morgan fingerprint density at radius 1 is 0.327 bits per heavy atom. The van der Waals surface area contributed by atoms with Crippen LogP contribution in [0.25, 0.3) is 87.6 Å². The predicted octanol–water partition coefficient (Wildman–Crippen LogP) is 13.6. The van der Waals surface area contributed by atoms with Crippen LogP contribution in [0.15, 0.2) is 170 Å². The lowest BCUT2D eigenvalue weighted by molar-refractivity contribution is 0.666. The molecule has 230 valence electrons. The van der Waals surface area contributed by atoms with E-state index in [9.17, 15) is 0 Å². The molecule has 0 saturated carbocycles. The van der Waals surface area contributed by atoms with Crippen molar-refractivity contribution in [2.24, 2.45) is 0 Å². The lowest BCUT2D eigenvalue weighted by atomic mass is 9.79. The summed E-state index contributed by atoms with van der Waals surface area (Å²) in [4.78, 5) is 0. The van der Waals surface area contributed by atoms with Crippen LogP contribution in [0.3, 0.4) is 0 Å². The Kier molecular flexibility index (Phi) is 6.02. The van der Waals surface area contributed by atoms with Gasteiger partial charge in [-0.05, 0) is 117 Å². The summed E-state index contributed by atoms with van der Waals surface area (Å²) in [6.45, 7) is 4.80. The third-order valence-corrected chi connectivity index (χ3v) is 11.0. The highest BCUT2D eigenvalue weighted by atomic mass is 14.4. The molecule has 9 aromatic carbocycles. The van der Waals surface area contributed by atoms with Gasteiger partial charge in [-0.25, -0.2) is 0 Å². The molecule has 0 unspecified atom stereocenters. The van der Waals surface area contributed by atoms with E-state index in [0.717, 1.165) is 0 Å². The second-order valence-electron chi connectivity index (χ2n) is 14.1. The van der Waals surface area contributed by atoms with Crippen LogP contribution in [-0.2, 0) is 5.41 Å². The van der Waals surface area contributed by atoms with Crippen LogP contribution >= 0.6 is 0 Å². The molecule has 1 aliphatic rings. The van der Waals surface area contributed by atoms with Crippen LogP contribution in [-0.4, -0.2) is 0 Å². The summed E-state index contributed by atoms with van der Waals surface area (Å²) < 4.78 is 0. The fraction of sp³-hybridized carbons (Fsp3) is 0.0612. The SMILES string of the molecule is CC1(C)c2cc(-c3c4ccccc4c(-c4ccc5cc(-c6ccccc6)ccc5c4)c4ccccc34)ccc2-c2ccc3ccccc3c21. The Balaban J connectivity index is 1.17. The predicted molar refractivity (Wildman–Crippen MR) is 210 cm³/mol. The number of rotatable bonds is 3. The van der Waals surface area contributed by atoms with Gasteiger partial charge in [0.25, 0.3) is 0 Å². The van der Waals surface area contributed by atoms with E-state index in [1.165, 1.54) is 98.7 Å².